The third-order valence-corrected chi connectivity index (χ3v) is 6.03. The molecule has 9 heteroatoms. The van der Waals surface area contributed by atoms with Crippen molar-refractivity contribution in [2.75, 3.05) is 0 Å². The third-order valence-electron chi connectivity index (χ3n) is 3.88. The number of amides is 1. The molecule has 6 nitrogen and oxygen atoms in total. The Bertz CT molecular complexity index is 1040. The number of fused-ring (bicyclic) bond motifs is 1. The van der Waals surface area contributed by atoms with Gasteiger partial charge in [-0.05, 0) is 67.1 Å². The second-order valence-corrected chi connectivity index (χ2v) is 8.53. The highest BCUT2D eigenvalue weighted by Crippen LogP contribution is 2.32. The summed E-state index contributed by atoms with van der Waals surface area (Å²) in [6, 6.07) is 11.0. The fourth-order valence-electron chi connectivity index (χ4n) is 2.57. The number of thioether (sulfide) groups is 1. The molecule has 0 saturated heterocycles. The minimum Gasteiger partial charge on any atom is -0.450 e. The van der Waals surface area contributed by atoms with Gasteiger partial charge in [0.2, 0.25) is 5.17 Å². The van der Waals surface area contributed by atoms with Gasteiger partial charge in [-0.25, -0.2) is 0 Å². The molecule has 142 valence electrons. The molecule has 0 spiro atoms. The van der Waals surface area contributed by atoms with Gasteiger partial charge in [0.05, 0.1) is 5.57 Å². The van der Waals surface area contributed by atoms with Crippen molar-refractivity contribution in [2.24, 2.45) is 10.1 Å². The van der Waals surface area contributed by atoms with Gasteiger partial charge in [0.1, 0.15) is 10.8 Å². The van der Waals surface area contributed by atoms with Crippen molar-refractivity contribution in [2.45, 2.75) is 29.8 Å². The van der Waals surface area contributed by atoms with Crippen molar-refractivity contribution < 1.29 is 9.21 Å². The lowest BCUT2D eigenvalue weighted by Gasteiger charge is -2.19. The molecule has 1 aromatic carbocycles. The highest BCUT2D eigenvalue weighted by atomic mass is 35.5. The van der Waals surface area contributed by atoms with Gasteiger partial charge in [-0.2, -0.15) is 15.1 Å². The summed E-state index contributed by atoms with van der Waals surface area (Å²) in [4.78, 5) is 17.5. The summed E-state index contributed by atoms with van der Waals surface area (Å²) in [5.41, 5.74) is 0.156. The summed E-state index contributed by atoms with van der Waals surface area (Å²) in [5, 5.41) is 16.8. The molecular weight excluding hydrogens is 416 g/mol. The van der Waals surface area contributed by atoms with E-state index in [4.69, 9.17) is 21.4 Å². The number of benzene rings is 1. The molecule has 28 heavy (non-hydrogen) atoms. The second kappa shape index (κ2) is 7.98. The fraction of sp³-hybridized carbons (Fsp3) is 0.158. The van der Waals surface area contributed by atoms with Crippen LogP contribution in [0.5, 0.6) is 0 Å². The van der Waals surface area contributed by atoms with Crippen LogP contribution in [-0.4, -0.2) is 27.0 Å². The van der Waals surface area contributed by atoms with Gasteiger partial charge in [0, 0.05) is 9.92 Å². The van der Waals surface area contributed by atoms with Gasteiger partial charge in [-0.15, -0.1) is 0 Å². The summed E-state index contributed by atoms with van der Waals surface area (Å²) < 4.78 is 5.78. The Labute approximate surface area is 175 Å². The molecule has 1 amide bonds. The molecule has 2 aliphatic heterocycles. The second-order valence-electron chi connectivity index (χ2n) is 5.98. The van der Waals surface area contributed by atoms with E-state index >= 15 is 0 Å². The molecule has 1 aromatic heterocycles. The number of nitrogens with one attached hydrogen (secondary N) is 1. The van der Waals surface area contributed by atoms with Crippen molar-refractivity contribution in [1.82, 2.24) is 5.01 Å². The number of rotatable bonds is 5. The van der Waals surface area contributed by atoms with Crippen LogP contribution in [-0.2, 0) is 4.79 Å². The van der Waals surface area contributed by atoms with Gasteiger partial charge in [0.15, 0.2) is 10.9 Å². The van der Waals surface area contributed by atoms with E-state index in [9.17, 15) is 4.79 Å². The average molecular weight is 431 g/mol. The molecule has 0 bridgehead atoms. The predicted molar refractivity (Wildman–Crippen MR) is 114 cm³/mol. The van der Waals surface area contributed by atoms with Crippen LogP contribution in [0.25, 0.3) is 6.08 Å². The van der Waals surface area contributed by atoms with Crippen molar-refractivity contribution in [3.63, 3.8) is 0 Å². The Kier molecular flexibility index (Phi) is 5.43. The zero-order chi connectivity index (χ0) is 19.7. The number of nitrogens with zero attached hydrogens (tertiary/aromatic N) is 3. The Morgan fingerprint density at radius 2 is 2.07 bits per heavy atom. The number of hydrogen-bond acceptors (Lipinski definition) is 6. The van der Waals surface area contributed by atoms with Crippen LogP contribution in [0.15, 0.2) is 66.5 Å². The predicted octanol–water partition coefficient (Wildman–Crippen LogP) is 5.50. The van der Waals surface area contributed by atoms with E-state index in [1.807, 2.05) is 30.3 Å². The molecule has 0 saturated carbocycles. The van der Waals surface area contributed by atoms with Crippen molar-refractivity contribution in [3.8, 4) is 0 Å². The third kappa shape index (κ3) is 3.94. The molecule has 4 rings (SSSR count). The van der Waals surface area contributed by atoms with E-state index in [-0.39, 0.29) is 11.4 Å². The van der Waals surface area contributed by atoms with Crippen LogP contribution in [0.1, 0.15) is 25.5 Å². The average Bonchev–Trinajstić information content (AvgIpc) is 3.28. The number of carbonyl (C=O) groups is 1. The summed E-state index contributed by atoms with van der Waals surface area (Å²) in [6.07, 6.45) is 3.27. The Morgan fingerprint density at radius 1 is 1.29 bits per heavy atom. The molecule has 1 N–H and O–H groups in total. The highest BCUT2D eigenvalue weighted by molar-refractivity contribution is 8.26. The minimum absolute atomic E-state index is 0.0110. The van der Waals surface area contributed by atoms with Crippen molar-refractivity contribution in [3.05, 3.63) is 52.8 Å². The quantitative estimate of drug-likeness (QED) is 0.633. The first-order valence-electron chi connectivity index (χ1n) is 8.56. The van der Waals surface area contributed by atoms with E-state index in [2.05, 4.69) is 17.0 Å². The smallest absolute Gasteiger partial charge is 0.283 e. The van der Waals surface area contributed by atoms with E-state index in [1.54, 1.807) is 6.07 Å². The standard InChI is InChI=1S/C19H15ClN4O2S2/c1-2-3-15-23-24-17(21)14(18(25)22-19(24)28-15)10-12-6-9-16(26-12)27-13-7-4-11(20)5-8-13/h4-10,21H,2-3H2,1H3/b14-10-,21-17?. The molecular formula is C19H15ClN4O2S2. The largest absolute Gasteiger partial charge is 0.450 e. The number of aliphatic imine (C=N–C) groups is 1. The first-order chi connectivity index (χ1) is 13.5. The summed E-state index contributed by atoms with van der Waals surface area (Å²) in [6.45, 7) is 2.06. The van der Waals surface area contributed by atoms with Crippen LogP contribution in [0.2, 0.25) is 5.02 Å². The molecule has 0 radical (unpaired) electrons. The summed E-state index contributed by atoms with van der Waals surface area (Å²) in [5.74, 6) is 0.0322. The topological polar surface area (TPSA) is 82.0 Å². The monoisotopic (exact) mass is 430 g/mol. The fourth-order valence-corrected chi connectivity index (χ4v) is 4.47. The van der Waals surface area contributed by atoms with Gasteiger partial charge in [-0.1, -0.05) is 30.3 Å². The zero-order valence-electron chi connectivity index (χ0n) is 14.8. The van der Waals surface area contributed by atoms with Gasteiger partial charge in [-0.3, -0.25) is 10.2 Å². The first kappa shape index (κ1) is 19.0. The lowest BCUT2D eigenvalue weighted by molar-refractivity contribution is -0.114. The van der Waals surface area contributed by atoms with Gasteiger partial charge >= 0.3 is 0 Å². The SMILES string of the molecule is CCCC1=NN2C(=N)/C(=C/c3ccc(Sc4ccc(Cl)cc4)o3)C(=O)N=C2S1. The van der Waals surface area contributed by atoms with E-state index in [0.717, 1.165) is 22.8 Å². The van der Waals surface area contributed by atoms with E-state index in [1.165, 1.54) is 34.6 Å². The molecule has 2 aliphatic rings. The minimum atomic E-state index is -0.458. The number of carbonyl (C=O) groups excluding carboxylic acids is 1. The summed E-state index contributed by atoms with van der Waals surface area (Å²) in [7, 11) is 0. The first-order valence-corrected chi connectivity index (χ1v) is 10.6. The number of amidine groups is 2. The number of hydrogen-bond donors (Lipinski definition) is 1. The highest BCUT2D eigenvalue weighted by Gasteiger charge is 2.35. The van der Waals surface area contributed by atoms with Crippen LogP contribution in [0.3, 0.4) is 0 Å². The maximum absolute atomic E-state index is 12.4. The van der Waals surface area contributed by atoms with Crippen LogP contribution < -0.4 is 0 Å². The number of furan rings is 1. The lowest BCUT2D eigenvalue weighted by Crippen LogP contribution is -2.35. The molecule has 0 fully saturated rings. The number of halogens is 1. The molecule has 0 atom stereocenters. The van der Waals surface area contributed by atoms with E-state index in [0.29, 0.717) is 21.0 Å². The zero-order valence-corrected chi connectivity index (χ0v) is 17.2. The molecule has 0 unspecified atom stereocenters. The van der Waals surface area contributed by atoms with Gasteiger partial charge < -0.3 is 4.42 Å². The molecule has 2 aromatic rings. The lowest BCUT2D eigenvalue weighted by atomic mass is 10.1. The Hall–Kier alpha value is -2.29. The van der Waals surface area contributed by atoms with E-state index < -0.39 is 5.91 Å². The molecule has 3 heterocycles. The van der Waals surface area contributed by atoms with Crippen molar-refractivity contribution >= 4 is 63.2 Å². The van der Waals surface area contributed by atoms with Crippen molar-refractivity contribution in [1.29, 1.82) is 5.41 Å². The Morgan fingerprint density at radius 3 is 2.82 bits per heavy atom. The summed E-state index contributed by atoms with van der Waals surface area (Å²) >= 11 is 8.69. The van der Waals surface area contributed by atoms with Crippen LogP contribution in [0.4, 0.5) is 0 Å². The molecule has 0 aliphatic carbocycles. The number of hydrazone groups is 1. The normalized spacial score (nSPS) is 17.8. The Balaban J connectivity index is 1.54. The maximum atomic E-state index is 12.4. The van der Waals surface area contributed by atoms with Gasteiger partial charge in [0.25, 0.3) is 5.91 Å². The van der Waals surface area contributed by atoms with Crippen LogP contribution >= 0.6 is 35.1 Å². The maximum Gasteiger partial charge on any atom is 0.283 e. The van der Waals surface area contributed by atoms with Crippen LogP contribution in [0, 0.1) is 5.41 Å².